The van der Waals surface area contributed by atoms with Gasteiger partial charge in [0.25, 0.3) is 5.91 Å². The average Bonchev–Trinajstić information content (AvgIpc) is 3.30. The third kappa shape index (κ3) is 3.41. The third-order valence-corrected chi connectivity index (χ3v) is 5.88. The molecule has 1 unspecified atom stereocenters. The lowest BCUT2D eigenvalue weighted by atomic mass is 9.82. The maximum Gasteiger partial charge on any atom is 0.289 e. The zero-order chi connectivity index (χ0) is 19.8. The molecule has 0 saturated carbocycles. The number of carbonyl (C=O) groups is 2. The molecule has 4 rings (SSSR count). The standard InChI is InChI=1S/C21H20N4O2S/c1-12(2)16-11-18(26)24-17-10-14(6-7-15(16)17)23-20(27)19-13(3)22-21(28-19)25-8-4-5-9-25/h4-12,15H,1-3H3,(H,24,26). The summed E-state index contributed by atoms with van der Waals surface area (Å²) in [5.41, 5.74) is 3.01. The Morgan fingerprint density at radius 2 is 2.04 bits per heavy atom. The average molecular weight is 392 g/mol. The van der Waals surface area contributed by atoms with E-state index in [4.69, 9.17) is 0 Å². The maximum atomic E-state index is 12.7. The van der Waals surface area contributed by atoms with E-state index in [1.807, 2.05) is 48.2 Å². The van der Waals surface area contributed by atoms with Crippen molar-refractivity contribution in [3.05, 3.63) is 70.7 Å². The first-order valence-corrected chi connectivity index (χ1v) is 9.90. The molecule has 1 N–H and O–H groups in total. The molecule has 2 aromatic heterocycles. The number of aromatic nitrogens is 2. The Hall–Kier alpha value is -3.06. The Bertz CT molecular complexity index is 1070. The van der Waals surface area contributed by atoms with Crippen LogP contribution in [0.4, 0.5) is 0 Å². The number of allylic oxidation sites excluding steroid dienone is 3. The molecule has 142 valence electrons. The van der Waals surface area contributed by atoms with Crippen molar-refractivity contribution >= 4 is 28.9 Å². The van der Waals surface area contributed by atoms with Gasteiger partial charge in [-0.15, -0.1) is 0 Å². The first-order chi connectivity index (χ1) is 13.4. The van der Waals surface area contributed by atoms with Gasteiger partial charge in [-0.2, -0.15) is 0 Å². The lowest BCUT2D eigenvalue weighted by molar-refractivity contribution is -0.116. The Labute approximate surface area is 167 Å². The molecule has 1 atom stereocenters. The fourth-order valence-corrected chi connectivity index (χ4v) is 4.25. The van der Waals surface area contributed by atoms with E-state index in [1.165, 1.54) is 11.3 Å². The van der Waals surface area contributed by atoms with Crippen LogP contribution in [0.1, 0.15) is 29.2 Å². The first-order valence-electron chi connectivity index (χ1n) is 9.08. The van der Waals surface area contributed by atoms with Crippen LogP contribution in [0.25, 0.3) is 5.13 Å². The van der Waals surface area contributed by atoms with E-state index in [0.717, 1.165) is 16.4 Å². The Morgan fingerprint density at radius 1 is 1.29 bits per heavy atom. The molecule has 0 saturated heterocycles. The van der Waals surface area contributed by atoms with E-state index < -0.39 is 0 Å². The number of nitrogens with one attached hydrogen (secondary N) is 1. The van der Waals surface area contributed by atoms with Crippen LogP contribution < -0.4 is 5.32 Å². The highest BCUT2D eigenvalue weighted by Crippen LogP contribution is 2.32. The molecule has 7 heteroatoms. The van der Waals surface area contributed by atoms with Gasteiger partial charge in [-0.1, -0.05) is 31.3 Å². The van der Waals surface area contributed by atoms with Gasteiger partial charge in [0.05, 0.1) is 11.4 Å². The number of nitrogens with zero attached hydrogens (tertiary/aromatic N) is 3. The number of hydrogen-bond acceptors (Lipinski definition) is 4. The van der Waals surface area contributed by atoms with Crippen molar-refractivity contribution in [1.29, 1.82) is 0 Å². The number of thiazole rings is 1. The minimum absolute atomic E-state index is 0.0252. The van der Waals surface area contributed by atoms with Gasteiger partial charge in [0.15, 0.2) is 5.13 Å². The van der Waals surface area contributed by atoms with E-state index in [-0.39, 0.29) is 23.7 Å². The summed E-state index contributed by atoms with van der Waals surface area (Å²) in [7, 11) is 0. The number of aliphatic imine (C=N–C) groups is 1. The molecule has 0 radical (unpaired) electrons. The van der Waals surface area contributed by atoms with Gasteiger partial charge in [-0.3, -0.25) is 9.59 Å². The summed E-state index contributed by atoms with van der Waals surface area (Å²) >= 11 is 1.31. The number of fused-ring (bicyclic) bond motifs is 1. The summed E-state index contributed by atoms with van der Waals surface area (Å²) in [4.78, 5) is 33.9. The highest BCUT2D eigenvalue weighted by atomic mass is 32.1. The van der Waals surface area contributed by atoms with Crippen LogP contribution in [-0.4, -0.2) is 27.1 Å². The van der Waals surface area contributed by atoms with Crippen molar-refractivity contribution in [2.75, 3.05) is 0 Å². The van der Waals surface area contributed by atoms with E-state index in [2.05, 4.69) is 29.1 Å². The fraction of sp³-hybridized carbons (Fsp3) is 0.238. The molecule has 1 aliphatic heterocycles. The van der Waals surface area contributed by atoms with Crippen molar-refractivity contribution < 1.29 is 9.59 Å². The zero-order valence-electron chi connectivity index (χ0n) is 15.8. The van der Waals surface area contributed by atoms with Gasteiger partial charge >= 0.3 is 0 Å². The Morgan fingerprint density at radius 3 is 2.75 bits per heavy atom. The predicted molar refractivity (Wildman–Crippen MR) is 110 cm³/mol. The largest absolute Gasteiger partial charge is 0.325 e. The van der Waals surface area contributed by atoms with Gasteiger partial charge in [0, 0.05) is 30.1 Å². The van der Waals surface area contributed by atoms with E-state index >= 15 is 0 Å². The van der Waals surface area contributed by atoms with E-state index in [9.17, 15) is 9.59 Å². The number of aryl methyl sites for hydroxylation is 1. The fourth-order valence-electron chi connectivity index (χ4n) is 3.34. The highest BCUT2D eigenvalue weighted by Gasteiger charge is 2.28. The zero-order valence-corrected chi connectivity index (χ0v) is 16.7. The molecule has 2 amide bonds. The first kappa shape index (κ1) is 18.3. The summed E-state index contributed by atoms with van der Waals surface area (Å²) in [6.45, 7) is 5.94. The predicted octanol–water partition coefficient (Wildman–Crippen LogP) is 3.61. The number of amides is 2. The summed E-state index contributed by atoms with van der Waals surface area (Å²) in [5.74, 6) is -0.180. The third-order valence-electron chi connectivity index (χ3n) is 4.72. The van der Waals surface area contributed by atoms with Crippen LogP contribution in [0.2, 0.25) is 0 Å². The second-order valence-electron chi connectivity index (χ2n) is 7.07. The number of rotatable bonds is 3. The molecule has 28 heavy (non-hydrogen) atoms. The van der Waals surface area contributed by atoms with Crippen LogP contribution >= 0.6 is 11.3 Å². The quantitative estimate of drug-likeness (QED) is 0.867. The van der Waals surface area contributed by atoms with Crippen molar-refractivity contribution in [2.45, 2.75) is 20.8 Å². The van der Waals surface area contributed by atoms with Gasteiger partial charge in [-0.25, -0.2) is 9.98 Å². The molecular formula is C21H20N4O2S. The molecule has 2 aliphatic rings. The van der Waals surface area contributed by atoms with Crippen LogP contribution in [0.3, 0.4) is 0 Å². The highest BCUT2D eigenvalue weighted by molar-refractivity contribution is 7.16. The van der Waals surface area contributed by atoms with Crippen molar-refractivity contribution in [3.63, 3.8) is 0 Å². The molecule has 0 fully saturated rings. The molecule has 1 aliphatic carbocycles. The van der Waals surface area contributed by atoms with Crippen molar-refractivity contribution in [1.82, 2.24) is 14.9 Å². The number of carbonyl (C=O) groups excluding carboxylic acids is 2. The molecule has 6 nitrogen and oxygen atoms in total. The lowest BCUT2D eigenvalue weighted by Gasteiger charge is -2.29. The summed E-state index contributed by atoms with van der Waals surface area (Å²) < 4.78 is 1.87. The maximum absolute atomic E-state index is 12.7. The SMILES string of the molecule is Cc1nc(-n2cccc2)sc1C(=O)N=C1C=CC2C(=C1)NC(=O)C=C2C(C)C. The summed E-state index contributed by atoms with van der Waals surface area (Å²) in [6, 6.07) is 3.82. The van der Waals surface area contributed by atoms with Crippen LogP contribution in [0, 0.1) is 18.8 Å². The molecular weight excluding hydrogens is 372 g/mol. The van der Waals surface area contributed by atoms with Crippen LogP contribution in [0.5, 0.6) is 0 Å². The minimum atomic E-state index is -0.329. The summed E-state index contributed by atoms with van der Waals surface area (Å²) in [6.07, 6.45) is 11.0. The normalized spacial score (nSPS) is 20.1. The summed E-state index contributed by atoms with van der Waals surface area (Å²) in [5, 5.41) is 3.60. The molecule has 0 aromatic carbocycles. The van der Waals surface area contributed by atoms with Crippen molar-refractivity contribution in [2.24, 2.45) is 16.8 Å². The van der Waals surface area contributed by atoms with E-state index in [1.54, 1.807) is 12.2 Å². The second kappa shape index (κ2) is 7.16. The monoisotopic (exact) mass is 392 g/mol. The molecule has 0 spiro atoms. The van der Waals surface area contributed by atoms with Gasteiger partial charge < -0.3 is 9.88 Å². The molecule has 3 heterocycles. The van der Waals surface area contributed by atoms with E-state index in [0.29, 0.717) is 16.3 Å². The minimum Gasteiger partial charge on any atom is -0.325 e. The number of hydrogen-bond donors (Lipinski definition) is 1. The molecule has 2 aromatic rings. The van der Waals surface area contributed by atoms with Gasteiger partial charge in [0.1, 0.15) is 4.88 Å². The lowest BCUT2D eigenvalue weighted by Crippen LogP contribution is -2.34. The van der Waals surface area contributed by atoms with Gasteiger partial charge in [-0.05, 0) is 42.7 Å². The van der Waals surface area contributed by atoms with Crippen LogP contribution in [0.15, 0.2) is 65.1 Å². The second-order valence-corrected chi connectivity index (χ2v) is 8.05. The van der Waals surface area contributed by atoms with Crippen LogP contribution in [-0.2, 0) is 4.79 Å². The topological polar surface area (TPSA) is 76.3 Å². The Kier molecular flexibility index (Phi) is 4.68. The smallest absolute Gasteiger partial charge is 0.289 e. The van der Waals surface area contributed by atoms with Gasteiger partial charge in [0.2, 0.25) is 5.91 Å². The molecule has 0 bridgehead atoms. The Balaban J connectivity index is 1.61. The van der Waals surface area contributed by atoms with Crippen molar-refractivity contribution in [3.8, 4) is 5.13 Å².